The van der Waals surface area contributed by atoms with Crippen LogP contribution < -0.4 is 5.32 Å². The third-order valence-electron chi connectivity index (χ3n) is 2.33. The Morgan fingerprint density at radius 3 is 2.88 bits per heavy atom. The van der Waals surface area contributed by atoms with E-state index in [0.29, 0.717) is 23.1 Å². The smallest absolute Gasteiger partial charge is 0.173 e. The molecule has 0 fully saturated rings. The van der Waals surface area contributed by atoms with Crippen LogP contribution in [0.2, 0.25) is 5.02 Å². The summed E-state index contributed by atoms with van der Waals surface area (Å²) in [6, 6.07) is 7.77. The molecule has 0 aromatic heterocycles. The van der Waals surface area contributed by atoms with Crippen LogP contribution >= 0.6 is 23.8 Å². The van der Waals surface area contributed by atoms with E-state index in [1.54, 1.807) is 0 Å². The minimum absolute atomic E-state index is 0.451. The molecule has 17 heavy (non-hydrogen) atoms. The third kappa shape index (κ3) is 4.22. The molecule has 0 radical (unpaired) electrons. The quantitative estimate of drug-likeness (QED) is 0.854. The number of halogens is 1. The van der Waals surface area contributed by atoms with Crippen molar-refractivity contribution in [2.75, 3.05) is 18.9 Å². The lowest BCUT2D eigenvalue weighted by Crippen LogP contribution is -2.31. The molecule has 0 saturated heterocycles. The molecule has 0 unspecified atom stereocenters. The molecule has 0 bridgehead atoms. The summed E-state index contributed by atoms with van der Waals surface area (Å²) in [5.41, 5.74) is 1.88. The summed E-state index contributed by atoms with van der Waals surface area (Å²) in [4.78, 5) is 1.83. The van der Waals surface area contributed by atoms with Gasteiger partial charge in [-0.2, -0.15) is 5.26 Å². The highest BCUT2D eigenvalue weighted by molar-refractivity contribution is 7.80. The van der Waals surface area contributed by atoms with Crippen molar-refractivity contribution < 1.29 is 0 Å². The molecule has 0 amide bonds. The van der Waals surface area contributed by atoms with Crippen LogP contribution in [-0.2, 0) is 0 Å². The predicted molar refractivity (Wildman–Crippen MR) is 75.3 cm³/mol. The van der Waals surface area contributed by atoms with E-state index >= 15 is 0 Å². The number of nitriles is 1. The molecular weight excluding hydrogens is 254 g/mol. The molecule has 90 valence electrons. The Labute approximate surface area is 112 Å². The van der Waals surface area contributed by atoms with Crippen LogP contribution in [0, 0.1) is 18.3 Å². The monoisotopic (exact) mass is 267 g/mol. The zero-order valence-corrected chi connectivity index (χ0v) is 11.4. The number of thiocarbonyl (C=S) groups is 1. The first-order valence-electron chi connectivity index (χ1n) is 5.20. The molecule has 0 heterocycles. The first-order valence-corrected chi connectivity index (χ1v) is 5.98. The number of nitrogens with one attached hydrogen (secondary N) is 1. The van der Waals surface area contributed by atoms with Gasteiger partial charge in [-0.3, -0.25) is 0 Å². The summed E-state index contributed by atoms with van der Waals surface area (Å²) in [5.74, 6) is 0. The zero-order valence-electron chi connectivity index (χ0n) is 9.83. The Morgan fingerprint density at radius 1 is 1.59 bits per heavy atom. The molecule has 1 rings (SSSR count). The molecule has 0 aliphatic heterocycles. The van der Waals surface area contributed by atoms with E-state index in [-0.39, 0.29) is 0 Å². The lowest BCUT2D eigenvalue weighted by Gasteiger charge is -2.19. The second-order valence-corrected chi connectivity index (χ2v) is 4.52. The van der Waals surface area contributed by atoms with Crippen molar-refractivity contribution in [2.24, 2.45) is 0 Å². The van der Waals surface area contributed by atoms with Gasteiger partial charge < -0.3 is 10.2 Å². The molecule has 1 N–H and O–H groups in total. The molecule has 1 aromatic rings. The number of rotatable bonds is 3. The lowest BCUT2D eigenvalue weighted by atomic mass is 10.2. The van der Waals surface area contributed by atoms with E-state index in [0.717, 1.165) is 11.3 Å². The molecule has 5 heteroatoms. The van der Waals surface area contributed by atoms with Crippen molar-refractivity contribution in [3.05, 3.63) is 28.8 Å². The Hall–Kier alpha value is -1.31. The summed E-state index contributed by atoms with van der Waals surface area (Å²) in [6.45, 7) is 2.56. The van der Waals surface area contributed by atoms with Crippen molar-refractivity contribution >= 4 is 34.6 Å². The minimum atomic E-state index is 0.451. The van der Waals surface area contributed by atoms with Crippen LogP contribution in [-0.4, -0.2) is 23.6 Å². The Balaban J connectivity index is 2.62. The highest BCUT2D eigenvalue weighted by atomic mass is 35.5. The second-order valence-electron chi connectivity index (χ2n) is 3.72. The van der Waals surface area contributed by atoms with Gasteiger partial charge in [-0.05, 0) is 36.8 Å². The summed E-state index contributed by atoms with van der Waals surface area (Å²) >= 11 is 11.2. The normalized spacial score (nSPS) is 9.53. The van der Waals surface area contributed by atoms with Crippen LogP contribution in [0.15, 0.2) is 18.2 Å². The van der Waals surface area contributed by atoms with Crippen molar-refractivity contribution in [3.8, 4) is 6.07 Å². The lowest BCUT2D eigenvalue weighted by molar-refractivity contribution is 0.523. The standard InChI is InChI=1S/C12H14ClN3S/c1-9-4-5-10(8-11(9)13)15-12(17)16(2)7-3-6-14/h4-5,8H,3,7H2,1-2H3,(H,15,17). The van der Waals surface area contributed by atoms with Gasteiger partial charge in [0, 0.05) is 24.3 Å². The van der Waals surface area contributed by atoms with Crippen LogP contribution in [0.25, 0.3) is 0 Å². The summed E-state index contributed by atoms with van der Waals surface area (Å²) in [5, 5.41) is 12.9. The van der Waals surface area contributed by atoms with E-state index in [2.05, 4.69) is 11.4 Å². The number of aryl methyl sites for hydroxylation is 1. The van der Waals surface area contributed by atoms with Gasteiger partial charge in [-0.25, -0.2) is 0 Å². The number of anilines is 1. The molecule has 0 aliphatic carbocycles. The Bertz CT molecular complexity index is 454. The average Bonchev–Trinajstić information content (AvgIpc) is 2.30. The number of hydrogen-bond acceptors (Lipinski definition) is 2. The van der Waals surface area contributed by atoms with Gasteiger partial charge in [0.2, 0.25) is 0 Å². The minimum Gasteiger partial charge on any atom is -0.351 e. The molecule has 0 saturated carbocycles. The SMILES string of the molecule is Cc1ccc(NC(=S)N(C)CCC#N)cc1Cl. The Morgan fingerprint density at radius 2 is 2.29 bits per heavy atom. The molecular formula is C12H14ClN3S. The first kappa shape index (κ1) is 13.8. The largest absolute Gasteiger partial charge is 0.351 e. The van der Waals surface area contributed by atoms with Crippen molar-refractivity contribution in [1.82, 2.24) is 4.90 Å². The number of nitrogens with zero attached hydrogens (tertiary/aromatic N) is 2. The van der Waals surface area contributed by atoms with Crippen LogP contribution in [0.1, 0.15) is 12.0 Å². The van der Waals surface area contributed by atoms with E-state index in [1.807, 2.05) is 37.1 Å². The van der Waals surface area contributed by atoms with E-state index in [9.17, 15) is 0 Å². The van der Waals surface area contributed by atoms with Gasteiger partial charge in [-0.15, -0.1) is 0 Å². The highest BCUT2D eigenvalue weighted by Gasteiger charge is 2.05. The molecule has 1 aromatic carbocycles. The average molecular weight is 268 g/mol. The fourth-order valence-corrected chi connectivity index (χ4v) is 1.60. The van der Waals surface area contributed by atoms with Gasteiger partial charge in [0.15, 0.2) is 5.11 Å². The molecule has 0 aliphatic rings. The van der Waals surface area contributed by atoms with E-state index in [1.165, 1.54) is 0 Å². The van der Waals surface area contributed by atoms with Gasteiger partial charge in [0.05, 0.1) is 12.5 Å². The first-order chi connectivity index (χ1) is 8.04. The molecule has 0 spiro atoms. The summed E-state index contributed by atoms with van der Waals surface area (Å²) < 4.78 is 0. The maximum atomic E-state index is 8.50. The second kappa shape index (κ2) is 6.43. The van der Waals surface area contributed by atoms with E-state index in [4.69, 9.17) is 29.1 Å². The van der Waals surface area contributed by atoms with Gasteiger partial charge >= 0.3 is 0 Å². The van der Waals surface area contributed by atoms with Gasteiger partial charge in [0.25, 0.3) is 0 Å². The zero-order chi connectivity index (χ0) is 12.8. The number of benzene rings is 1. The third-order valence-corrected chi connectivity index (χ3v) is 3.15. The maximum Gasteiger partial charge on any atom is 0.173 e. The van der Waals surface area contributed by atoms with Gasteiger partial charge in [0.1, 0.15) is 0 Å². The van der Waals surface area contributed by atoms with Crippen LogP contribution in [0.3, 0.4) is 0 Å². The van der Waals surface area contributed by atoms with Crippen molar-refractivity contribution in [2.45, 2.75) is 13.3 Å². The van der Waals surface area contributed by atoms with Crippen LogP contribution in [0.4, 0.5) is 5.69 Å². The fourth-order valence-electron chi connectivity index (χ4n) is 1.21. The topological polar surface area (TPSA) is 39.1 Å². The summed E-state index contributed by atoms with van der Waals surface area (Å²) in [6.07, 6.45) is 0.451. The van der Waals surface area contributed by atoms with Crippen LogP contribution in [0.5, 0.6) is 0 Å². The van der Waals surface area contributed by atoms with Crippen molar-refractivity contribution in [1.29, 1.82) is 5.26 Å². The fraction of sp³-hybridized carbons (Fsp3) is 0.333. The van der Waals surface area contributed by atoms with Crippen molar-refractivity contribution in [3.63, 3.8) is 0 Å². The molecule has 3 nitrogen and oxygen atoms in total. The molecule has 0 atom stereocenters. The summed E-state index contributed by atoms with van der Waals surface area (Å²) in [7, 11) is 1.85. The Kier molecular flexibility index (Phi) is 5.20. The number of hydrogen-bond donors (Lipinski definition) is 1. The van der Waals surface area contributed by atoms with E-state index < -0.39 is 0 Å². The maximum absolute atomic E-state index is 8.50. The predicted octanol–water partition coefficient (Wildman–Crippen LogP) is 3.19. The van der Waals surface area contributed by atoms with Gasteiger partial charge in [-0.1, -0.05) is 17.7 Å². The highest BCUT2D eigenvalue weighted by Crippen LogP contribution is 2.20.